The molecule has 2 aromatic rings. The Morgan fingerprint density at radius 3 is 2.46 bits per heavy atom. The molecule has 2 aliphatic carbocycles. The number of fused-ring (bicyclic) bond motifs is 5. The number of nitrogens with zero attached hydrogens (tertiary/aromatic N) is 4. The highest BCUT2D eigenvalue weighted by Crippen LogP contribution is 2.67. The number of benzene rings is 1. The molecule has 2 unspecified atom stereocenters. The molecule has 2 bridgehead atoms. The molecule has 0 saturated heterocycles. The summed E-state index contributed by atoms with van der Waals surface area (Å²) in [5, 5.41) is 21.6. The van der Waals surface area contributed by atoms with Gasteiger partial charge in [0.05, 0.1) is 16.8 Å². The summed E-state index contributed by atoms with van der Waals surface area (Å²) in [7, 11) is 0. The van der Waals surface area contributed by atoms with E-state index < -0.39 is 10.8 Å². The van der Waals surface area contributed by atoms with E-state index in [4.69, 9.17) is 0 Å². The fourth-order valence-corrected chi connectivity index (χ4v) is 4.68. The maximum absolute atomic E-state index is 13.4. The first-order chi connectivity index (χ1) is 12.5. The van der Waals surface area contributed by atoms with Crippen molar-refractivity contribution in [2.45, 2.75) is 38.0 Å². The van der Waals surface area contributed by atoms with Crippen LogP contribution in [0.25, 0.3) is 0 Å². The van der Waals surface area contributed by atoms with Crippen LogP contribution >= 0.6 is 0 Å². The van der Waals surface area contributed by atoms with Crippen LogP contribution in [0.15, 0.2) is 30.3 Å². The first kappa shape index (κ1) is 16.2. The lowest BCUT2D eigenvalue weighted by atomic mass is 9.67. The van der Waals surface area contributed by atoms with Crippen LogP contribution in [0, 0.1) is 28.1 Å². The molecule has 1 amide bonds. The minimum Gasteiger partial charge on any atom is -0.325 e. The molecule has 0 radical (unpaired) electrons. The second-order valence-corrected chi connectivity index (χ2v) is 7.42. The van der Waals surface area contributed by atoms with E-state index >= 15 is 0 Å². The topological polar surface area (TPSA) is 102 Å². The van der Waals surface area contributed by atoms with Crippen LogP contribution in [0.1, 0.15) is 55.4 Å². The summed E-state index contributed by atoms with van der Waals surface area (Å²) in [6.07, 6.45) is 1.47. The zero-order valence-corrected chi connectivity index (χ0v) is 14.6. The quantitative estimate of drug-likeness (QED) is 0.903. The van der Waals surface area contributed by atoms with Gasteiger partial charge in [-0.2, -0.15) is 10.5 Å². The average Bonchev–Trinajstić information content (AvgIpc) is 3.03. The van der Waals surface area contributed by atoms with Crippen molar-refractivity contribution in [3.63, 3.8) is 0 Å². The minimum atomic E-state index is -0.852. The van der Waals surface area contributed by atoms with E-state index in [9.17, 15) is 15.3 Å². The second-order valence-electron chi connectivity index (χ2n) is 7.42. The molecular weight excluding hydrogens is 326 g/mol. The molecule has 1 heterocycles. The van der Waals surface area contributed by atoms with E-state index in [1.165, 1.54) is 0 Å². The molecule has 0 spiro atoms. The number of hydrogen-bond donors (Lipinski definition) is 1. The Balaban J connectivity index is 1.88. The number of rotatable bonds is 2. The molecule has 4 rings (SSSR count). The molecule has 6 nitrogen and oxygen atoms in total. The van der Waals surface area contributed by atoms with Gasteiger partial charge in [0.25, 0.3) is 0 Å². The summed E-state index contributed by atoms with van der Waals surface area (Å²) in [5.74, 6) is -0.0794. The van der Waals surface area contributed by atoms with Crippen molar-refractivity contribution in [1.82, 2.24) is 9.97 Å². The maximum atomic E-state index is 13.4. The van der Waals surface area contributed by atoms with Crippen molar-refractivity contribution in [3.8, 4) is 12.1 Å². The van der Waals surface area contributed by atoms with Crippen molar-refractivity contribution in [2.75, 3.05) is 5.32 Å². The highest BCUT2D eigenvalue weighted by Gasteiger charge is 2.68. The van der Waals surface area contributed by atoms with Crippen molar-refractivity contribution in [1.29, 1.82) is 10.5 Å². The molecule has 26 heavy (non-hydrogen) atoms. The Morgan fingerprint density at radius 1 is 1.15 bits per heavy atom. The molecule has 6 heteroatoms. The molecule has 2 atom stereocenters. The number of para-hydroxylation sites is 1. The predicted molar refractivity (Wildman–Crippen MR) is 94.0 cm³/mol. The van der Waals surface area contributed by atoms with Crippen molar-refractivity contribution >= 4 is 11.6 Å². The van der Waals surface area contributed by atoms with E-state index in [1.807, 2.05) is 42.5 Å². The second kappa shape index (κ2) is 5.37. The Kier molecular flexibility index (Phi) is 3.35. The van der Waals surface area contributed by atoms with Gasteiger partial charge in [0, 0.05) is 11.6 Å². The van der Waals surface area contributed by atoms with Crippen LogP contribution < -0.4 is 5.32 Å². The fraction of sp³-hybridized carbons (Fsp3) is 0.350. The number of amides is 1. The van der Waals surface area contributed by atoms with Gasteiger partial charge >= 0.3 is 0 Å². The van der Waals surface area contributed by atoms with Crippen LogP contribution in [0.3, 0.4) is 0 Å². The lowest BCUT2D eigenvalue weighted by Gasteiger charge is -2.36. The van der Waals surface area contributed by atoms with Gasteiger partial charge in [0.1, 0.15) is 12.1 Å². The van der Waals surface area contributed by atoms with Crippen molar-refractivity contribution < 1.29 is 4.79 Å². The molecular formula is C20H17N5O. The molecule has 1 fully saturated rings. The van der Waals surface area contributed by atoms with Crippen LogP contribution in [0.2, 0.25) is 0 Å². The normalized spacial score (nSPS) is 24.4. The Morgan fingerprint density at radius 2 is 1.81 bits per heavy atom. The Hall–Kier alpha value is -3.25. The largest absolute Gasteiger partial charge is 0.325 e. The van der Waals surface area contributed by atoms with Gasteiger partial charge in [-0.15, -0.1) is 0 Å². The molecule has 1 saturated carbocycles. The number of nitrogens with one attached hydrogen (secondary N) is 1. The van der Waals surface area contributed by atoms with E-state index in [-0.39, 0.29) is 23.2 Å². The predicted octanol–water partition coefficient (Wildman–Crippen LogP) is 3.01. The zero-order chi connectivity index (χ0) is 18.5. The maximum Gasteiger partial charge on any atom is 0.237 e. The number of carbonyl (C=O) groups is 1. The highest BCUT2D eigenvalue weighted by atomic mass is 16.2. The Bertz CT molecular complexity index is 999. The lowest BCUT2D eigenvalue weighted by molar-refractivity contribution is -0.124. The Labute approximate surface area is 151 Å². The SMILES string of the molecule is CC1(C)C2CCC1(C(=O)Nc1ccccc1)c1nc(C#N)c(C#N)nc12. The number of aromatic nitrogens is 2. The average molecular weight is 343 g/mol. The smallest absolute Gasteiger partial charge is 0.237 e. The zero-order valence-electron chi connectivity index (χ0n) is 14.6. The van der Waals surface area contributed by atoms with Gasteiger partial charge in [-0.1, -0.05) is 32.0 Å². The monoisotopic (exact) mass is 343 g/mol. The van der Waals surface area contributed by atoms with Gasteiger partial charge < -0.3 is 5.32 Å². The highest BCUT2D eigenvalue weighted by molar-refractivity contribution is 6.01. The van der Waals surface area contributed by atoms with Crippen LogP contribution in [0.5, 0.6) is 0 Å². The van der Waals surface area contributed by atoms with Gasteiger partial charge in [-0.05, 0) is 30.4 Å². The van der Waals surface area contributed by atoms with Gasteiger partial charge in [-0.25, -0.2) is 9.97 Å². The number of hydrogen-bond acceptors (Lipinski definition) is 5. The van der Waals surface area contributed by atoms with E-state index in [0.717, 1.165) is 12.1 Å². The van der Waals surface area contributed by atoms with Crippen LogP contribution in [-0.2, 0) is 10.2 Å². The number of nitriles is 2. The third kappa shape index (κ3) is 1.87. The van der Waals surface area contributed by atoms with Crippen molar-refractivity contribution in [3.05, 3.63) is 53.1 Å². The van der Waals surface area contributed by atoms with Gasteiger partial charge in [-0.3, -0.25) is 4.79 Å². The fourth-order valence-electron chi connectivity index (χ4n) is 4.68. The summed E-state index contributed by atoms with van der Waals surface area (Å²) < 4.78 is 0. The summed E-state index contributed by atoms with van der Waals surface area (Å²) in [4.78, 5) is 22.3. The molecule has 0 aliphatic heterocycles. The van der Waals surface area contributed by atoms with Crippen LogP contribution in [0.4, 0.5) is 5.69 Å². The third-order valence-electron chi connectivity index (χ3n) is 6.07. The summed E-state index contributed by atoms with van der Waals surface area (Å²) in [6.45, 7) is 4.10. The van der Waals surface area contributed by atoms with Crippen LogP contribution in [-0.4, -0.2) is 15.9 Å². The molecule has 2 aliphatic rings. The third-order valence-corrected chi connectivity index (χ3v) is 6.07. The summed E-state index contributed by atoms with van der Waals surface area (Å²) in [5.41, 5.74) is 0.754. The molecule has 1 aromatic heterocycles. The molecule has 1 aromatic carbocycles. The molecule has 1 N–H and O–H groups in total. The number of anilines is 1. The summed E-state index contributed by atoms with van der Waals surface area (Å²) in [6, 6.07) is 13.2. The van der Waals surface area contributed by atoms with E-state index in [2.05, 4.69) is 29.1 Å². The first-order valence-electron chi connectivity index (χ1n) is 8.55. The van der Waals surface area contributed by atoms with E-state index in [0.29, 0.717) is 17.8 Å². The van der Waals surface area contributed by atoms with Gasteiger partial charge in [0.15, 0.2) is 11.4 Å². The standard InChI is InChI=1S/C20H17N5O/c1-19(2)13-8-9-20(19,18(26)23-12-6-4-3-5-7-12)17-16(13)24-14(10-21)15(11-22)25-17/h3-7,13H,8-9H2,1-2H3,(H,23,26). The van der Waals surface area contributed by atoms with E-state index in [1.54, 1.807) is 0 Å². The van der Waals surface area contributed by atoms with Gasteiger partial charge in [0.2, 0.25) is 5.91 Å². The first-order valence-corrected chi connectivity index (χ1v) is 8.55. The minimum absolute atomic E-state index is 0.0125. The van der Waals surface area contributed by atoms with Crippen molar-refractivity contribution in [2.24, 2.45) is 5.41 Å². The molecule has 128 valence electrons. The summed E-state index contributed by atoms with van der Waals surface area (Å²) >= 11 is 0. The lowest BCUT2D eigenvalue weighted by Crippen LogP contribution is -2.46. The number of carbonyl (C=O) groups excluding carboxylic acids is 1.